The topological polar surface area (TPSA) is 85.1 Å². The minimum atomic E-state index is -3.78. The van der Waals surface area contributed by atoms with E-state index in [0.29, 0.717) is 10.6 Å². The van der Waals surface area contributed by atoms with Crippen molar-refractivity contribution in [2.45, 2.75) is 32.2 Å². The highest BCUT2D eigenvalue weighted by Crippen LogP contribution is 2.27. The number of benzene rings is 1. The van der Waals surface area contributed by atoms with Crippen LogP contribution in [0.15, 0.2) is 16.3 Å². The first-order valence-corrected chi connectivity index (χ1v) is 8.54. The van der Waals surface area contributed by atoms with Crippen LogP contribution in [0.25, 0.3) is 0 Å². The fourth-order valence-corrected chi connectivity index (χ4v) is 4.33. The van der Waals surface area contributed by atoms with Gasteiger partial charge < -0.3 is 5.73 Å². The van der Waals surface area contributed by atoms with Gasteiger partial charge in [-0.2, -0.15) is 0 Å². The van der Waals surface area contributed by atoms with Crippen molar-refractivity contribution >= 4 is 27.0 Å². The van der Waals surface area contributed by atoms with Crippen LogP contribution in [0.3, 0.4) is 0 Å². The predicted molar refractivity (Wildman–Crippen MR) is 81.2 cm³/mol. The number of nitrogens with two attached hydrogens (primary N) is 1. The zero-order valence-electron chi connectivity index (χ0n) is 11.9. The number of rotatable bonds is 4. The predicted octanol–water partition coefficient (Wildman–Crippen LogP) is 2.27. The standard InChI is InChI=1S/C13H16FN3O2S2/c1-7-4-10(14)12(15)9(3)13(7)21(18,19)16-5-11-17-8(2)6-20-11/h4,6,16H,5,15H2,1-3H3. The van der Waals surface area contributed by atoms with E-state index in [9.17, 15) is 12.8 Å². The summed E-state index contributed by atoms with van der Waals surface area (Å²) in [6.45, 7) is 4.96. The van der Waals surface area contributed by atoms with Crippen LogP contribution in [0, 0.1) is 26.6 Å². The van der Waals surface area contributed by atoms with Crippen LogP contribution >= 0.6 is 11.3 Å². The number of halogens is 1. The molecule has 0 spiro atoms. The molecule has 0 aliphatic carbocycles. The number of thiazole rings is 1. The van der Waals surface area contributed by atoms with Gasteiger partial charge in [0.2, 0.25) is 10.0 Å². The van der Waals surface area contributed by atoms with E-state index in [1.54, 1.807) is 0 Å². The molecule has 2 rings (SSSR count). The zero-order chi connectivity index (χ0) is 15.8. The molecule has 0 saturated heterocycles. The number of hydrogen-bond donors (Lipinski definition) is 2. The molecule has 0 unspecified atom stereocenters. The second-order valence-corrected chi connectivity index (χ2v) is 7.40. The van der Waals surface area contributed by atoms with Crippen molar-refractivity contribution < 1.29 is 12.8 Å². The molecule has 5 nitrogen and oxygen atoms in total. The van der Waals surface area contributed by atoms with Crippen LogP contribution in [0.5, 0.6) is 0 Å². The highest BCUT2D eigenvalue weighted by Gasteiger charge is 2.23. The van der Waals surface area contributed by atoms with Gasteiger partial charge in [0.25, 0.3) is 0 Å². The summed E-state index contributed by atoms with van der Waals surface area (Å²) in [5.41, 5.74) is 6.81. The monoisotopic (exact) mass is 329 g/mol. The lowest BCUT2D eigenvalue weighted by atomic mass is 10.1. The average Bonchev–Trinajstić information content (AvgIpc) is 2.79. The van der Waals surface area contributed by atoms with Crippen LogP contribution in [0.2, 0.25) is 0 Å². The number of nitrogens with one attached hydrogen (secondary N) is 1. The maximum Gasteiger partial charge on any atom is 0.241 e. The molecule has 0 amide bonds. The van der Waals surface area contributed by atoms with Gasteiger partial charge in [-0.25, -0.2) is 22.5 Å². The number of nitrogen functional groups attached to an aromatic ring is 1. The van der Waals surface area contributed by atoms with Crippen molar-refractivity contribution in [2.75, 3.05) is 5.73 Å². The lowest BCUT2D eigenvalue weighted by Gasteiger charge is -2.14. The zero-order valence-corrected chi connectivity index (χ0v) is 13.5. The lowest BCUT2D eigenvalue weighted by Crippen LogP contribution is -2.25. The molecular formula is C13H16FN3O2S2. The Bertz CT molecular complexity index is 785. The van der Waals surface area contributed by atoms with Gasteiger partial charge in [0.1, 0.15) is 10.8 Å². The van der Waals surface area contributed by atoms with E-state index in [2.05, 4.69) is 9.71 Å². The van der Waals surface area contributed by atoms with Crippen molar-refractivity contribution in [3.05, 3.63) is 39.1 Å². The largest absolute Gasteiger partial charge is 0.396 e. The SMILES string of the molecule is Cc1csc(CNS(=O)(=O)c2c(C)cc(F)c(N)c2C)n1. The molecule has 0 fully saturated rings. The molecule has 3 N–H and O–H groups in total. The number of hydrogen-bond acceptors (Lipinski definition) is 5. The van der Waals surface area contributed by atoms with Gasteiger partial charge in [0, 0.05) is 11.1 Å². The minimum Gasteiger partial charge on any atom is -0.396 e. The second kappa shape index (κ2) is 5.70. The molecule has 21 heavy (non-hydrogen) atoms. The Morgan fingerprint density at radius 3 is 2.62 bits per heavy atom. The normalized spacial score (nSPS) is 11.8. The average molecular weight is 329 g/mol. The summed E-state index contributed by atoms with van der Waals surface area (Å²) in [4.78, 5) is 4.21. The first-order chi connectivity index (χ1) is 9.72. The molecule has 8 heteroatoms. The van der Waals surface area contributed by atoms with Crippen molar-refractivity contribution in [2.24, 2.45) is 0 Å². The maximum atomic E-state index is 13.5. The summed E-state index contributed by atoms with van der Waals surface area (Å²) in [7, 11) is -3.78. The third-order valence-corrected chi connectivity index (χ3v) is 5.71. The second-order valence-electron chi connectivity index (χ2n) is 4.75. The maximum absolute atomic E-state index is 13.5. The fraction of sp³-hybridized carbons (Fsp3) is 0.308. The molecule has 2 aromatic rings. The fourth-order valence-electron chi connectivity index (χ4n) is 2.06. The Morgan fingerprint density at radius 1 is 1.38 bits per heavy atom. The number of aromatic nitrogens is 1. The molecule has 0 aliphatic rings. The van der Waals surface area contributed by atoms with Gasteiger partial charge in [0.15, 0.2) is 0 Å². The highest BCUT2D eigenvalue weighted by atomic mass is 32.2. The molecule has 1 heterocycles. The molecule has 0 aliphatic heterocycles. The Hall–Kier alpha value is -1.51. The minimum absolute atomic E-state index is 0.0229. The summed E-state index contributed by atoms with van der Waals surface area (Å²) in [6, 6.07) is 1.13. The number of anilines is 1. The Kier molecular flexibility index (Phi) is 4.31. The van der Waals surface area contributed by atoms with Gasteiger partial charge in [-0.3, -0.25) is 0 Å². The summed E-state index contributed by atoms with van der Waals surface area (Å²) >= 11 is 1.38. The first-order valence-electron chi connectivity index (χ1n) is 6.18. The Morgan fingerprint density at radius 2 is 2.05 bits per heavy atom. The van der Waals surface area contributed by atoms with Gasteiger partial charge in [0.05, 0.1) is 17.1 Å². The molecule has 114 valence electrons. The van der Waals surface area contributed by atoms with E-state index < -0.39 is 15.8 Å². The summed E-state index contributed by atoms with van der Waals surface area (Å²) in [6.07, 6.45) is 0. The van der Waals surface area contributed by atoms with Gasteiger partial charge in [-0.15, -0.1) is 11.3 Å². The Balaban J connectivity index is 2.34. The van der Waals surface area contributed by atoms with E-state index in [-0.39, 0.29) is 22.7 Å². The third-order valence-electron chi connectivity index (χ3n) is 3.05. The Labute approximate surface area is 127 Å². The van der Waals surface area contributed by atoms with E-state index in [1.807, 2.05) is 12.3 Å². The summed E-state index contributed by atoms with van der Waals surface area (Å²) in [5, 5.41) is 2.51. The van der Waals surface area contributed by atoms with Crippen LogP contribution in [-0.2, 0) is 16.6 Å². The van der Waals surface area contributed by atoms with Crippen molar-refractivity contribution in [1.82, 2.24) is 9.71 Å². The molecule has 0 saturated carbocycles. The highest BCUT2D eigenvalue weighted by molar-refractivity contribution is 7.89. The molecule has 0 radical (unpaired) electrons. The van der Waals surface area contributed by atoms with Gasteiger partial charge >= 0.3 is 0 Å². The van der Waals surface area contributed by atoms with E-state index >= 15 is 0 Å². The van der Waals surface area contributed by atoms with Crippen molar-refractivity contribution in [3.8, 4) is 0 Å². The van der Waals surface area contributed by atoms with Crippen LogP contribution in [0.1, 0.15) is 21.8 Å². The van der Waals surface area contributed by atoms with Crippen LogP contribution < -0.4 is 10.5 Å². The molecule has 0 bridgehead atoms. The van der Waals surface area contributed by atoms with E-state index in [0.717, 1.165) is 11.8 Å². The van der Waals surface area contributed by atoms with Gasteiger partial charge in [-0.05, 0) is 38.0 Å². The molecule has 0 atom stereocenters. The first kappa shape index (κ1) is 15.9. The van der Waals surface area contributed by atoms with Crippen LogP contribution in [0.4, 0.5) is 10.1 Å². The lowest BCUT2D eigenvalue weighted by molar-refractivity contribution is 0.578. The molecular weight excluding hydrogens is 313 g/mol. The third kappa shape index (κ3) is 3.22. The van der Waals surface area contributed by atoms with E-state index in [4.69, 9.17) is 5.73 Å². The molecule has 1 aromatic carbocycles. The number of aryl methyl sites for hydroxylation is 2. The van der Waals surface area contributed by atoms with Crippen molar-refractivity contribution in [1.29, 1.82) is 0 Å². The molecule has 1 aromatic heterocycles. The smallest absolute Gasteiger partial charge is 0.241 e. The van der Waals surface area contributed by atoms with E-state index in [1.165, 1.54) is 25.2 Å². The number of nitrogens with zero attached hydrogens (tertiary/aromatic N) is 1. The van der Waals surface area contributed by atoms with Crippen molar-refractivity contribution in [3.63, 3.8) is 0 Å². The van der Waals surface area contributed by atoms with Crippen LogP contribution in [-0.4, -0.2) is 13.4 Å². The summed E-state index contributed by atoms with van der Waals surface area (Å²) < 4.78 is 40.8. The van der Waals surface area contributed by atoms with Gasteiger partial charge in [-0.1, -0.05) is 0 Å². The summed E-state index contributed by atoms with van der Waals surface area (Å²) in [5.74, 6) is -0.612. The quantitative estimate of drug-likeness (QED) is 0.843. The number of sulfonamides is 1.